The van der Waals surface area contributed by atoms with Crippen molar-refractivity contribution in [2.45, 2.75) is 32.7 Å². The number of likely N-dealkylation sites (tertiary alicyclic amines) is 1. The average molecular weight is 344 g/mol. The van der Waals surface area contributed by atoms with Crippen LogP contribution in [-0.4, -0.2) is 49.9 Å². The zero-order chi connectivity index (χ0) is 17.6. The highest BCUT2D eigenvalue weighted by Crippen LogP contribution is 2.17. The van der Waals surface area contributed by atoms with E-state index in [2.05, 4.69) is 25.4 Å². The molecule has 0 bridgehead atoms. The summed E-state index contributed by atoms with van der Waals surface area (Å²) in [5, 5.41) is 6.60. The number of aromatic nitrogens is 4. The number of carbonyl (C=O) groups excluding carboxylic acids is 2. The van der Waals surface area contributed by atoms with Crippen LogP contribution in [0.5, 0.6) is 0 Å². The lowest BCUT2D eigenvalue weighted by molar-refractivity contribution is -0.135. The standard InChI is InChI=1S/C16H20N6O3/c1-2-13(23)22-8-3-5-11(10-22)16(24)19-9-12-20-15(21-25-12)14-17-6-4-7-18-14/h4,6-7,11H,2-3,5,8-10H2,1H3,(H,19,24)/t11-/m1/s1. The lowest BCUT2D eigenvalue weighted by atomic mass is 9.97. The number of nitrogens with zero attached hydrogens (tertiary/aromatic N) is 5. The van der Waals surface area contributed by atoms with Crippen molar-refractivity contribution in [2.75, 3.05) is 13.1 Å². The predicted molar refractivity (Wildman–Crippen MR) is 86.8 cm³/mol. The Balaban J connectivity index is 1.54. The third kappa shape index (κ3) is 4.17. The molecule has 1 saturated heterocycles. The largest absolute Gasteiger partial charge is 0.347 e. The van der Waals surface area contributed by atoms with Crippen molar-refractivity contribution in [3.05, 3.63) is 24.4 Å². The number of nitrogens with one attached hydrogen (secondary N) is 1. The molecule has 0 aliphatic carbocycles. The number of hydrogen-bond acceptors (Lipinski definition) is 7. The Morgan fingerprint density at radius 1 is 1.32 bits per heavy atom. The van der Waals surface area contributed by atoms with E-state index in [9.17, 15) is 9.59 Å². The lowest BCUT2D eigenvalue weighted by Crippen LogP contribution is -2.45. The van der Waals surface area contributed by atoms with E-state index in [1.54, 1.807) is 23.4 Å². The first-order valence-corrected chi connectivity index (χ1v) is 8.33. The molecule has 1 N–H and O–H groups in total. The predicted octanol–water partition coefficient (Wildman–Crippen LogP) is 0.791. The fraction of sp³-hybridized carbons (Fsp3) is 0.500. The Morgan fingerprint density at radius 3 is 2.88 bits per heavy atom. The van der Waals surface area contributed by atoms with Gasteiger partial charge in [-0.3, -0.25) is 9.59 Å². The first kappa shape index (κ1) is 17.0. The molecule has 1 aliphatic heterocycles. The van der Waals surface area contributed by atoms with Gasteiger partial charge in [-0.25, -0.2) is 9.97 Å². The summed E-state index contributed by atoms with van der Waals surface area (Å²) in [6.07, 6.45) is 5.24. The molecule has 3 rings (SSSR count). The zero-order valence-corrected chi connectivity index (χ0v) is 14.0. The molecule has 1 aliphatic rings. The summed E-state index contributed by atoms with van der Waals surface area (Å²) in [6.45, 7) is 3.15. The quantitative estimate of drug-likeness (QED) is 0.853. The maximum absolute atomic E-state index is 12.3. The van der Waals surface area contributed by atoms with Crippen LogP contribution in [0.3, 0.4) is 0 Å². The Morgan fingerprint density at radius 2 is 2.12 bits per heavy atom. The molecule has 3 heterocycles. The Hall–Kier alpha value is -2.84. The van der Waals surface area contributed by atoms with Gasteiger partial charge in [-0.15, -0.1) is 0 Å². The molecular weight excluding hydrogens is 324 g/mol. The summed E-state index contributed by atoms with van der Waals surface area (Å²) < 4.78 is 5.11. The fourth-order valence-corrected chi connectivity index (χ4v) is 2.78. The summed E-state index contributed by atoms with van der Waals surface area (Å²) in [6, 6.07) is 1.70. The molecule has 9 nitrogen and oxygen atoms in total. The van der Waals surface area contributed by atoms with Crippen LogP contribution in [0.4, 0.5) is 0 Å². The topological polar surface area (TPSA) is 114 Å². The average Bonchev–Trinajstić information content (AvgIpc) is 3.15. The van der Waals surface area contributed by atoms with Crippen LogP contribution >= 0.6 is 0 Å². The highest BCUT2D eigenvalue weighted by atomic mass is 16.5. The first-order chi connectivity index (χ1) is 12.2. The van der Waals surface area contributed by atoms with Gasteiger partial charge in [0, 0.05) is 31.9 Å². The molecule has 2 aromatic rings. The smallest absolute Gasteiger partial charge is 0.246 e. The van der Waals surface area contributed by atoms with Crippen molar-refractivity contribution in [3.8, 4) is 11.6 Å². The van der Waals surface area contributed by atoms with E-state index in [1.165, 1.54) is 0 Å². The monoisotopic (exact) mass is 344 g/mol. The van der Waals surface area contributed by atoms with E-state index in [4.69, 9.17) is 4.52 Å². The molecule has 0 aromatic carbocycles. The van der Waals surface area contributed by atoms with Crippen molar-refractivity contribution in [1.29, 1.82) is 0 Å². The minimum atomic E-state index is -0.205. The molecule has 2 aromatic heterocycles. The second-order valence-electron chi connectivity index (χ2n) is 5.83. The molecule has 0 spiro atoms. The summed E-state index contributed by atoms with van der Waals surface area (Å²) in [5.74, 6) is 0.704. The van der Waals surface area contributed by atoms with Gasteiger partial charge in [-0.2, -0.15) is 4.98 Å². The molecule has 2 amide bonds. The van der Waals surface area contributed by atoms with Gasteiger partial charge in [0.15, 0.2) is 0 Å². The van der Waals surface area contributed by atoms with Crippen molar-refractivity contribution >= 4 is 11.8 Å². The molecule has 25 heavy (non-hydrogen) atoms. The molecule has 1 fully saturated rings. The first-order valence-electron chi connectivity index (χ1n) is 8.33. The summed E-state index contributed by atoms with van der Waals surface area (Å²) in [5.41, 5.74) is 0. The van der Waals surface area contributed by atoms with E-state index < -0.39 is 0 Å². The van der Waals surface area contributed by atoms with Gasteiger partial charge in [0.2, 0.25) is 29.4 Å². The number of hydrogen-bond donors (Lipinski definition) is 1. The zero-order valence-electron chi connectivity index (χ0n) is 14.0. The van der Waals surface area contributed by atoms with E-state index >= 15 is 0 Å². The van der Waals surface area contributed by atoms with Crippen LogP contribution in [0.25, 0.3) is 11.6 Å². The molecule has 0 unspecified atom stereocenters. The molecule has 0 saturated carbocycles. The maximum atomic E-state index is 12.3. The van der Waals surface area contributed by atoms with Crippen LogP contribution in [0.15, 0.2) is 23.0 Å². The van der Waals surface area contributed by atoms with Gasteiger partial charge in [0.1, 0.15) is 0 Å². The Bertz CT molecular complexity index is 732. The van der Waals surface area contributed by atoms with Gasteiger partial charge in [-0.1, -0.05) is 12.1 Å². The van der Waals surface area contributed by atoms with Gasteiger partial charge >= 0.3 is 0 Å². The van der Waals surface area contributed by atoms with Crippen LogP contribution in [0, 0.1) is 5.92 Å². The van der Waals surface area contributed by atoms with Gasteiger partial charge in [0.25, 0.3) is 0 Å². The lowest BCUT2D eigenvalue weighted by Gasteiger charge is -2.31. The van der Waals surface area contributed by atoms with Crippen LogP contribution in [0.2, 0.25) is 0 Å². The number of rotatable bonds is 5. The molecule has 9 heteroatoms. The van der Waals surface area contributed by atoms with E-state index in [0.717, 1.165) is 19.4 Å². The van der Waals surface area contributed by atoms with Gasteiger partial charge < -0.3 is 14.7 Å². The molecule has 1 atom stereocenters. The molecule has 0 radical (unpaired) electrons. The Kier molecular flexibility index (Phi) is 5.32. The molecule has 132 valence electrons. The maximum Gasteiger partial charge on any atom is 0.246 e. The summed E-state index contributed by atoms with van der Waals surface area (Å²) in [7, 11) is 0. The second-order valence-corrected chi connectivity index (χ2v) is 5.83. The van der Waals surface area contributed by atoms with Crippen LogP contribution in [0.1, 0.15) is 32.1 Å². The minimum absolute atomic E-state index is 0.0851. The number of piperidine rings is 1. The second kappa shape index (κ2) is 7.82. The normalized spacial score (nSPS) is 17.3. The fourth-order valence-electron chi connectivity index (χ4n) is 2.78. The molecular formula is C16H20N6O3. The van der Waals surface area contributed by atoms with Gasteiger partial charge in [-0.05, 0) is 18.9 Å². The van der Waals surface area contributed by atoms with Crippen LogP contribution in [-0.2, 0) is 16.1 Å². The highest BCUT2D eigenvalue weighted by Gasteiger charge is 2.27. The van der Waals surface area contributed by atoms with Crippen molar-refractivity contribution in [1.82, 2.24) is 30.3 Å². The van der Waals surface area contributed by atoms with Crippen LogP contribution < -0.4 is 5.32 Å². The van der Waals surface area contributed by atoms with Crippen molar-refractivity contribution in [3.63, 3.8) is 0 Å². The minimum Gasteiger partial charge on any atom is -0.347 e. The number of amides is 2. The highest BCUT2D eigenvalue weighted by molar-refractivity contribution is 5.81. The van der Waals surface area contributed by atoms with Gasteiger partial charge in [0.05, 0.1) is 12.5 Å². The van der Waals surface area contributed by atoms with E-state index in [-0.39, 0.29) is 36.0 Å². The van der Waals surface area contributed by atoms with Crippen molar-refractivity contribution < 1.29 is 14.1 Å². The summed E-state index contributed by atoms with van der Waals surface area (Å²) >= 11 is 0. The third-order valence-corrected chi connectivity index (χ3v) is 4.10. The summed E-state index contributed by atoms with van der Waals surface area (Å²) in [4.78, 5) is 38.2. The SMILES string of the molecule is CCC(=O)N1CCC[C@@H](C(=O)NCc2nc(-c3ncccn3)no2)C1. The van der Waals surface area contributed by atoms with E-state index in [0.29, 0.717) is 18.8 Å². The van der Waals surface area contributed by atoms with Crippen molar-refractivity contribution in [2.24, 2.45) is 5.92 Å². The number of carbonyl (C=O) groups is 2. The third-order valence-electron chi connectivity index (χ3n) is 4.10. The Labute approximate surface area is 144 Å². The van der Waals surface area contributed by atoms with E-state index in [1.807, 2.05) is 6.92 Å².